The molecule has 1 fully saturated rings. The van der Waals surface area contributed by atoms with Crippen LogP contribution in [0.3, 0.4) is 0 Å². The molecule has 1 aliphatic rings. The minimum atomic E-state index is 0.653. The van der Waals surface area contributed by atoms with Crippen molar-refractivity contribution in [2.24, 2.45) is 0 Å². The Morgan fingerprint density at radius 3 is 2.62 bits per heavy atom. The Morgan fingerprint density at radius 1 is 1.62 bits per heavy atom. The summed E-state index contributed by atoms with van der Waals surface area (Å²) in [6.07, 6.45) is 4.22. The Morgan fingerprint density at radius 2 is 2.38 bits per heavy atom. The molecule has 1 heteroatoms. The molecular formula is C7H14S. The van der Waals surface area contributed by atoms with E-state index >= 15 is 0 Å². The van der Waals surface area contributed by atoms with Crippen LogP contribution in [0.5, 0.6) is 0 Å². The van der Waals surface area contributed by atoms with Crippen molar-refractivity contribution in [1.82, 2.24) is 0 Å². The molecule has 1 atom stereocenters. The van der Waals surface area contributed by atoms with Gasteiger partial charge in [-0.1, -0.05) is 13.8 Å². The molecule has 0 bridgehead atoms. The zero-order chi connectivity index (χ0) is 6.04. The van der Waals surface area contributed by atoms with E-state index in [4.69, 9.17) is 0 Å². The summed E-state index contributed by atoms with van der Waals surface area (Å²) in [5, 5.41) is 0. The molecule has 0 spiro atoms. The molecule has 1 rings (SSSR count). The molecule has 0 N–H and O–H groups in total. The van der Waals surface area contributed by atoms with Gasteiger partial charge in [-0.05, 0) is 25.0 Å². The first-order chi connectivity index (χ1) is 3.77. The summed E-state index contributed by atoms with van der Waals surface area (Å²) in [4.78, 5) is 0. The van der Waals surface area contributed by atoms with Gasteiger partial charge in [0.1, 0.15) is 0 Å². The third kappa shape index (κ3) is 1.19. The van der Waals surface area contributed by atoms with Crippen LogP contribution >= 0.6 is 11.8 Å². The van der Waals surface area contributed by atoms with Crippen LogP contribution in [-0.4, -0.2) is 10.5 Å². The molecule has 0 nitrogen and oxygen atoms in total. The molecule has 1 heterocycles. The molecule has 8 heavy (non-hydrogen) atoms. The summed E-state index contributed by atoms with van der Waals surface area (Å²) < 4.78 is 0.653. The SMILES string of the molecule is CCC1(C)CCCS1. The Bertz CT molecular complexity index is 72.5. The summed E-state index contributed by atoms with van der Waals surface area (Å²) >= 11 is 2.14. The number of rotatable bonds is 1. The van der Waals surface area contributed by atoms with Gasteiger partial charge >= 0.3 is 0 Å². The van der Waals surface area contributed by atoms with Crippen molar-refractivity contribution in [1.29, 1.82) is 0 Å². The van der Waals surface area contributed by atoms with Gasteiger partial charge in [0.2, 0.25) is 0 Å². The minimum absolute atomic E-state index is 0.653. The maximum Gasteiger partial charge on any atom is 0.0129 e. The van der Waals surface area contributed by atoms with E-state index < -0.39 is 0 Å². The molecule has 0 aromatic carbocycles. The van der Waals surface area contributed by atoms with E-state index in [1.54, 1.807) is 0 Å². The average Bonchev–Trinajstić information content (AvgIpc) is 2.17. The van der Waals surface area contributed by atoms with Crippen LogP contribution in [0.15, 0.2) is 0 Å². The second kappa shape index (κ2) is 2.30. The van der Waals surface area contributed by atoms with Gasteiger partial charge in [0, 0.05) is 4.75 Å². The van der Waals surface area contributed by atoms with Crippen LogP contribution in [-0.2, 0) is 0 Å². The van der Waals surface area contributed by atoms with Crippen LogP contribution in [0.2, 0.25) is 0 Å². The number of hydrogen-bond acceptors (Lipinski definition) is 1. The van der Waals surface area contributed by atoms with Crippen molar-refractivity contribution >= 4 is 11.8 Å². The lowest BCUT2D eigenvalue weighted by Crippen LogP contribution is -2.12. The van der Waals surface area contributed by atoms with E-state index in [0.29, 0.717) is 4.75 Å². The molecule has 0 saturated carbocycles. The summed E-state index contributed by atoms with van der Waals surface area (Å²) in [7, 11) is 0. The zero-order valence-electron chi connectivity index (χ0n) is 5.74. The second-order valence-corrected chi connectivity index (χ2v) is 4.44. The first-order valence-electron chi connectivity index (χ1n) is 3.41. The average molecular weight is 130 g/mol. The normalized spacial score (nSPS) is 38.2. The van der Waals surface area contributed by atoms with Crippen molar-refractivity contribution in [3.8, 4) is 0 Å². The predicted octanol–water partition coefficient (Wildman–Crippen LogP) is 2.68. The fourth-order valence-corrected chi connectivity index (χ4v) is 2.39. The van der Waals surface area contributed by atoms with E-state index in [2.05, 4.69) is 25.6 Å². The van der Waals surface area contributed by atoms with Gasteiger partial charge in [-0.2, -0.15) is 11.8 Å². The van der Waals surface area contributed by atoms with Gasteiger partial charge in [-0.25, -0.2) is 0 Å². The van der Waals surface area contributed by atoms with E-state index in [9.17, 15) is 0 Å². The second-order valence-electron chi connectivity index (χ2n) is 2.76. The standard InChI is InChI=1S/C7H14S/c1-3-7(2)5-4-6-8-7/h3-6H2,1-2H3. The zero-order valence-corrected chi connectivity index (χ0v) is 6.55. The fraction of sp³-hybridized carbons (Fsp3) is 1.00. The van der Waals surface area contributed by atoms with Gasteiger partial charge in [0.15, 0.2) is 0 Å². The van der Waals surface area contributed by atoms with Crippen molar-refractivity contribution in [3.05, 3.63) is 0 Å². The maximum absolute atomic E-state index is 2.38. The van der Waals surface area contributed by atoms with Crippen LogP contribution < -0.4 is 0 Å². The third-order valence-corrected chi connectivity index (χ3v) is 3.73. The van der Waals surface area contributed by atoms with Crippen molar-refractivity contribution in [3.63, 3.8) is 0 Å². The van der Waals surface area contributed by atoms with Gasteiger partial charge in [-0.3, -0.25) is 0 Å². The lowest BCUT2D eigenvalue weighted by molar-refractivity contribution is 0.589. The topological polar surface area (TPSA) is 0 Å². The minimum Gasteiger partial charge on any atom is -0.155 e. The fourth-order valence-electron chi connectivity index (χ4n) is 1.12. The maximum atomic E-state index is 2.38. The third-order valence-electron chi connectivity index (χ3n) is 2.05. The van der Waals surface area contributed by atoms with Gasteiger partial charge in [0.05, 0.1) is 0 Å². The predicted molar refractivity (Wildman–Crippen MR) is 40.4 cm³/mol. The molecular weight excluding hydrogens is 116 g/mol. The molecule has 1 saturated heterocycles. The van der Waals surface area contributed by atoms with Crippen molar-refractivity contribution in [2.75, 3.05) is 5.75 Å². The quantitative estimate of drug-likeness (QED) is 0.526. The first-order valence-corrected chi connectivity index (χ1v) is 4.39. The summed E-state index contributed by atoms with van der Waals surface area (Å²) in [6.45, 7) is 4.67. The van der Waals surface area contributed by atoms with E-state index in [1.807, 2.05) is 0 Å². The van der Waals surface area contributed by atoms with Crippen LogP contribution in [0, 0.1) is 0 Å². The smallest absolute Gasteiger partial charge is 0.0129 e. The van der Waals surface area contributed by atoms with Gasteiger partial charge < -0.3 is 0 Å². The highest BCUT2D eigenvalue weighted by molar-refractivity contribution is 8.00. The lowest BCUT2D eigenvalue weighted by Gasteiger charge is -2.18. The summed E-state index contributed by atoms with van der Waals surface area (Å²) in [5.41, 5.74) is 0. The van der Waals surface area contributed by atoms with E-state index in [1.165, 1.54) is 25.0 Å². The van der Waals surface area contributed by atoms with Crippen molar-refractivity contribution in [2.45, 2.75) is 37.9 Å². The van der Waals surface area contributed by atoms with Crippen LogP contribution in [0.1, 0.15) is 33.1 Å². The molecule has 1 aliphatic heterocycles. The Labute approximate surface area is 56.0 Å². The van der Waals surface area contributed by atoms with Gasteiger partial charge in [-0.15, -0.1) is 0 Å². The van der Waals surface area contributed by atoms with Crippen LogP contribution in [0.4, 0.5) is 0 Å². The van der Waals surface area contributed by atoms with Crippen LogP contribution in [0.25, 0.3) is 0 Å². The molecule has 48 valence electrons. The molecule has 0 aromatic rings. The molecule has 0 radical (unpaired) electrons. The Balaban J connectivity index is 2.40. The summed E-state index contributed by atoms with van der Waals surface area (Å²) in [5.74, 6) is 1.39. The highest BCUT2D eigenvalue weighted by Gasteiger charge is 2.26. The highest BCUT2D eigenvalue weighted by atomic mass is 32.2. The monoisotopic (exact) mass is 130 g/mol. The van der Waals surface area contributed by atoms with E-state index in [0.717, 1.165) is 0 Å². The Kier molecular flexibility index (Phi) is 1.86. The molecule has 1 unspecified atom stereocenters. The largest absolute Gasteiger partial charge is 0.155 e. The first kappa shape index (κ1) is 6.47. The molecule has 0 amide bonds. The molecule has 0 aliphatic carbocycles. The lowest BCUT2D eigenvalue weighted by atomic mass is 10.0. The van der Waals surface area contributed by atoms with Crippen molar-refractivity contribution < 1.29 is 0 Å². The van der Waals surface area contributed by atoms with E-state index in [-0.39, 0.29) is 0 Å². The highest BCUT2D eigenvalue weighted by Crippen LogP contribution is 2.39. The number of hydrogen-bond donors (Lipinski definition) is 0. The Hall–Kier alpha value is 0.350. The number of thioether (sulfide) groups is 1. The summed E-state index contributed by atoms with van der Waals surface area (Å²) in [6, 6.07) is 0. The van der Waals surface area contributed by atoms with Gasteiger partial charge in [0.25, 0.3) is 0 Å². The molecule has 0 aromatic heterocycles.